The molecular weight excluding hydrogens is 648 g/mol. The number of nitrogens with zero attached hydrogens (tertiary/aromatic N) is 4. The van der Waals surface area contributed by atoms with Gasteiger partial charge in [-0.15, -0.1) is 17.5 Å². The molecule has 264 valence electrons. The van der Waals surface area contributed by atoms with Crippen molar-refractivity contribution in [3.05, 3.63) is 77.6 Å². The molecule has 4 N–H and O–H groups in total. The first-order chi connectivity index (χ1) is 23.2. The second-order valence-corrected chi connectivity index (χ2v) is 12.7. The molecule has 13 nitrogen and oxygen atoms in total. The molecule has 3 heterocycles. The van der Waals surface area contributed by atoms with Crippen LogP contribution < -0.4 is 26.0 Å². The largest absolute Gasteiger partial charge is 0.492 e. The smallest absolute Gasteiger partial charge is 0.243 e. The van der Waals surface area contributed by atoms with E-state index in [-0.39, 0.29) is 61.5 Å². The number of ether oxygens (including phenoxy) is 1. The van der Waals surface area contributed by atoms with E-state index in [1.807, 2.05) is 68.6 Å². The van der Waals surface area contributed by atoms with Crippen LogP contribution in [0.1, 0.15) is 43.5 Å². The van der Waals surface area contributed by atoms with Gasteiger partial charge in [0, 0.05) is 38.7 Å². The molecule has 1 fully saturated rings. The van der Waals surface area contributed by atoms with Crippen LogP contribution in [0.4, 0.5) is 0 Å². The molecule has 49 heavy (non-hydrogen) atoms. The van der Waals surface area contributed by atoms with Crippen LogP contribution in [0.15, 0.2) is 60.8 Å². The quantitative estimate of drug-likeness (QED) is 0.320. The van der Waals surface area contributed by atoms with Gasteiger partial charge >= 0.3 is 0 Å². The molecule has 0 saturated carbocycles. The van der Waals surface area contributed by atoms with E-state index in [0.29, 0.717) is 38.4 Å². The molecule has 3 atom stereocenters. The molecule has 2 aromatic carbocycles. The van der Waals surface area contributed by atoms with Gasteiger partial charge in [0.15, 0.2) is 0 Å². The summed E-state index contributed by atoms with van der Waals surface area (Å²) in [5.41, 5.74) is 2.36. The molecule has 2 aliphatic heterocycles. The zero-order valence-electron chi connectivity index (χ0n) is 28.1. The second-order valence-electron chi connectivity index (χ2n) is 12.7. The van der Waals surface area contributed by atoms with Gasteiger partial charge in [0.25, 0.3) is 0 Å². The Kier molecular flexibility index (Phi) is 14.0. The number of halogens is 1. The van der Waals surface area contributed by atoms with Crippen molar-refractivity contribution in [3.63, 3.8) is 0 Å². The molecular formula is C35H47ClN8O5. The highest BCUT2D eigenvalue weighted by Crippen LogP contribution is 2.15. The highest BCUT2D eigenvalue weighted by Gasteiger charge is 2.30. The predicted octanol–water partition coefficient (Wildman–Crippen LogP) is 1.44. The maximum absolute atomic E-state index is 13.6. The summed E-state index contributed by atoms with van der Waals surface area (Å²) in [7, 11) is 0. The zero-order chi connectivity index (χ0) is 33.9. The number of benzene rings is 2. The number of carbonyl (C=O) groups is 4. The normalized spacial score (nSPS) is 21.5. The average molecular weight is 695 g/mol. The predicted molar refractivity (Wildman–Crippen MR) is 186 cm³/mol. The van der Waals surface area contributed by atoms with Gasteiger partial charge in [-0.1, -0.05) is 61.5 Å². The first-order valence-electron chi connectivity index (χ1n) is 16.8. The number of nitrogens with one attached hydrogen (secondary N) is 4. The monoisotopic (exact) mass is 694 g/mol. The van der Waals surface area contributed by atoms with Gasteiger partial charge in [0.05, 0.1) is 24.7 Å². The van der Waals surface area contributed by atoms with Crippen molar-refractivity contribution < 1.29 is 23.9 Å². The Hall–Kier alpha value is -4.49. The molecule has 4 bridgehead atoms. The molecule has 3 aromatic rings. The van der Waals surface area contributed by atoms with Gasteiger partial charge in [-0.25, -0.2) is 4.68 Å². The highest BCUT2D eigenvalue weighted by molar-refractivity contribution is 5.92. The van der Waals surface area contributed by atoms with Crippen LogP contribution in [-0.4, -0.2) is 94.4 Å². The summed E-state index contributed by atoms with van der Waals surface area (Å²) in [5, 5.41) is 20.5. The summed E-state index contributed by atoms with van der Waals surface area (Å²) < 4.78 is 7.65. The van der Waals surface area contributed by atoms with Crippen molar-refractivity contribution in [1.82, 2.24) is 41.2 Å². The lowest BCUT2D eigenvalue weighted by molar-refractivity contribution is -0.134. The summed E-state index contributed by atoms with van der Waals surface area (Å²) in [6, 6.07) is 14.7. The van der Waals surface area contributed by atoms with E-state index in [1.165, 1.54) is 0 Å². The Bertz CT molecular complexity index is 1550. The topological polar surface area (TPSA) is 160 Å². The number of aromatic nitrogens is 3. The first kappa shape index (κ1) is 37.3. The minimum Gasteiger partial charge on any atom is -0.492 e. The standard InChI is InChI=1S/C35H46N8O5.ClH/c1-24(2)32-34(46)38-30(21-25-8-4-3-5-9-25)33(45)37-15-17-42(35(47)29-12-7-14-36-29)16-13-27-23-43(41-40-27)18-19-48-28-11-6-10-26(20-28)22-31(44)39-32;/h3-6,8-11,20,23-24,29-30,32,36H,7,12-19,21-22H2,1-2H3,(H,37,45)(H,38,46)(H,39,44);1H/t29-,30+,32-;/m1./s1. The van der Waals surface area contributed by atoms with Crippen LogP contribution in [-0.2, 0) is 45.0 Å². The minimum atomic E-state index is -0.899. The molecule has 2 aliphatic rings. The van der Waals surface area contributed by atoms with Gasteiger partial charge in [-0.05, 0) is 48.6 Å². The number of amides is 4. The van der Waals surface area contributed by atoms with Crippen molar-refractivity contribution in [3.8, 4) is 5.75 Å². The van der Waals surface area contributed by atoms with Crippen molar-refractivity contribution in [1.29, 1.82) is 0 Å². The third-order valence-electron chi connectivity index (χ3n) is 8.61. The van der Waals surface area contributed by atoms with Crippen LogP contribution in [0.5, 0.6) is 5.75 Å². The Morgan fingerprint density at radius 2 is 1.80 bits per heavy atom. The fourth-order valence-electron chi connectivity index (χ4n) is 5.96. The molecule has 0 spiro atoms. The molecule has 1 saturated heterocycles. The van der Waals surface area contributed by atoms with Crippen LogP contribution in [0.3, 0.4) is 0 Å². The summed E-state index contributed by atoms with van der Waals surface area (Å²) in [5.74, 6) is -0.770. The van der Waals surface area contributed by atoms with Gasteiger partial charge in [0.1, 0.15) is 24.4 Å². The summed E-state index contributed by atoms with van der Waals surface area (Å²) in [4.78, 5) is 55.7. The lowest BCUT2D eigenvalue weighted by atomic mass is 10.0. The van der Waals surface area contributed by atoms with Crippen molar-refractivity contribution >= 4 is 36.0 Å². The van der Waals surface area contributed by atoms with Gasteiger partial charge < -0.3 is 30.9 Å². The van der Waals surface area contributed by atoms with E-state index in [1.54, 1.807) is 15.6 Å². The number of rotatable bonds is 4. The van der Waals surface area contributed by atoms with E-state index in [2.05, 4.69) is 31.6 Å². The fraction of sp³-hybridized carbons (Fsp3) is 0.486. The molecule has 1 aromatic heterocycles. The van der Waals surface area contributed by atoms with Crippen LogP contribution in [0.2, 0.25) is 0 Å². The summed E-state index contributed by atoms with van der Waals surface area (Å²) in [6.07, 6.45) is 4.35. The maximum atomic E-state index is 13.6. The number of carbonyl (C=O) groups excluding carboxylic acids is 4. The van der Waals surface area contributed by atoms with Crippen LogP contribution in [0, 0.1) is 5.92 Å². The second kappa shape index (κ2) is 18.3. The van der Waals surface area contributed by atoms with Gasteiger partial charge in [0.2, 0.25) is 23.6 Å². The summed E-state index contributed by atoms with van der Waals surface area (Å²) in [6.45, 7) is 6.20. The molecule has 0 radical (unpaired) electrons. The Morgan fingerprint density at radius 3 is 2.55 bits per heavy atom. The van der Waals surface area contributed by atoms with E-state index < -0.39 is 18.0 Å². The van der Waals surface area contributed by atoms with Gasteiger partial charge in [-0.2, -0.15) is 0 Å². The Balaban J connectivity index is 0.00000541. The Labute approximate surface area is 293 Å². The molecule has 0 aliphatic carbocycles. The van der Waals surface area contributed by atoms with Crippen LogP contribution in [0.25, 0.3) is 0 Å². The zero-order valence-corrected chi connectivity index (χ0v) is 28.9. The molecule has 5 rings (SSSR count). The SMILES string of the molecule is CC(C)[C@H]1NC(=O)Cc2cccc(c2)OCCn2cc(nn2)CCN(C(=O)[C@H]2CCCN2)CCNC(=O)[C@H](Cc2ccccc2)NC1=O.Cl. The van der Waals surface area contributed by atoms with Crippen molar-refractivity contribution in [2.45, 2.75) is 70.6 Å². The highest BCUT2D eigenvalue weighted by atomic mass is 35.5. The third kappa shape index (κ3) is 11.0. The lowest BCUT2D eigenvalue weighted by Gasteiger charge is -2.27. The fourth-order valence-corrected chi connectivity index (χ4v) is 5.96. The molecule has 14 heteroatoms. The lowest BCUT2D eigenvalue weighted by Crippen LogP contribution is -2.56. The van der Waals surface area contributed by atoms with E-state index in [0.717, 1.165) is 36.2 Å². The Morgan fingerprint density at radius 1 is 0.980 bits per heavy atom. The number of hydrogen-bond acceptors (Lipinski definition) is 8. The van der Waals surface area contributed by atoms with E-state index in [4.69, 9.17) is 4.74 Å². The molecule has 4 amide bonds. The summed E-state index contributed by atoms with van der Waals surface area (Å²) >= 11 is 0. The first-order valence-corrected chi connectivity index (χ1v) is 16.8. The minimum absolute atomic E-state index is 0. The number of fused-ring (bicyclic) bond motifs is 4. The average Bonchev–Trinajstić information content (AvgIpc) is 3.78. The van der Waals surface area contributed by atoms with E-state index in [9.17, 15) is 19.2 Å². The number of hydrogen-bond donors (Lipinski definition) is 4. The van der Waals surface area contributed by atoms with E-state index >= 15 is 0 Å². The van der Waals surface area contributed by atoms with Crippen LogP contribution >= 0.6 is 12.4 Å². The van der Waals surface area contributed by atoms with Gasteiger partial charge in [-0.3, -0.25) is 19.2 Å². The maximum Gasteiger partial charge on any atom is 0.243 e. The van der Waals surface area contributed by atoms with Crippen molar-refractivity contribution in [2.24, 2.45) is 5.92 Å². The molecule has 0 unspecified atom stereocenters. The third-order valence-corrected chi connectivity index (χ3v) is 8.61. The van der Waals surface area contributed by atoms with Crippen molar-refractivity contribution in [2.75, 3.05) is 32.8 Å².